The fourth-order valence-electron chi connectivity index (χ4n) is 1.75. The highest BCUT2D eigenvalue weighted by Crippen LogP contribution is 2.26. The van der Waals surface area contributed by atoms with Crippen LogP contribution in [0.2, 0.25) is 5.15 Å². The summed E-state index contributed by atoms with van der Waals surface area (Å²) in [6, 6.07) is 5.56. The maximum atomic E-state index is 6.06. The minimum Gasteiger partial charge on any atom is -0.441 e. The Hall–Kier alpha value is -2.01. The smallest absolute Gasteiger partial charge is 0.192 e. The molecule has 6 heteroatoms. The first-order valence-electron chi connectivity index (χ1n) is 5.38. The Bertz CT molecular complexity index is 738. The molecule has 0 bridgehead atoms. The second kappa shape index (κ2) is 4.03. The summed E-state index contributed by atoms with van der Waals surface area (Å²) >= 11 is 6.06. The van der Waals surface area contributed by atoms with E-state index in [2.05, 4.69) is 20.2 Å². The molecule has 0 saturated carbocycles. The number of rotatable bonds is 1. The van der Waals surface area contributed by atoms with Crippen molar-refractivity contribution in [2.75, 3.05) is 0 Å². The van der Waals surface area contributed by atoms with E-state index in [1.165, 1.54) is 0 Å². The second-order valence-electron chi connectivity index (χ2n) is 3.91. The van der Waals surface area contributed by atoms with E-state index in [0.29, 0.717) is 22.6 Å². The summed E-state index contributed by atoms with van der Waals surface area (Å²) in [4.78, 5) is 8.35. The molecule has 0 saturated heterocycles. The highest BCUT2D eigenvalue weighted by atomic mass is 35.5. The molecule has 0 aliphatic carbocycles. The number of nitrogens with zero attached hydrogens (tertiary/aromatic N) is 4. The second-order valence-corrected chi connectivity index (χ2v) is 4.27. The average Bonchev–Trinajstić information content (AvgIpc) is 2.68. The first-order chi connectivity index (χ1) is 8.63. The number of benzene rings is 1. The monoisotopic (exact) mass is 260 g/mol. The molecule has 0 unspecified atom stereocenters. The van der Waals surface area contributed by atoms with E-state index in [-0.39, 0.29) is 0 Å². The van der Waals surface area contributed by atoms with Gasteiger partial charge in [0.25, 0.3) is 0 Å². The third-order valence-electron chi connectivity index (χ3n) is 2.52. The van der Waals surface area contributed by atoms with Crippen molar-refractivity contribution in [3.05, 3.63) is 35.1 Å². The molecule has 3 rings (SSSR count). The van der Waals surface area contributed by atoms with E-state index in [4.69, 9.17) is 16.0 Å². The van der Waals surface area contributed by atoms with Gasteiger partial charge in [0.2, 0.25) is 0 Å². The Morgan fingerprint density at radius 2 is 1.94 bits per heavy atom. The number of hydrogen-bond acceptors (Lipinski definition) is 5. The van der Waals surface area contributed by atoms with Gasteiger partial charge in [0.05, 0.1) is 0 Å². The van der Waals surface area contributed by atoms with Crippen molar-refractivity contribution in [1.29, 1.82) is 0 Å². The fraction of sp³-hybridized carbons (Fsp3) is 0.167. The van der Waals surface area contributed by atoms with Crippen LogP contribution in [0.15, 0.2) is 22.6 Å². The minimum absolute atomic E-state index is 0.335. The highest BCUT2D eigenvalue weighted by molar-refractivity contribution is 6.31. The molecule has 0 spiro atoms. The van der Waals surface area contributed by atoms with E-state index >= 15 is 0 Å². The predicted octanol–water partition coefficient (Wildman–Crippen LogP) is 2.95. The van der Waals surface area contributed by atoms with Gasteiger partial charge in [-0.05, 0) is 25.1 Å². The maximum Gasteiger partial charge on any atom is 0.192 e. The van der Waals surface area contributed by atoms with Crippen LogP contribution in [0, 0.1) is 13.8 Å². The normalized spacial score (nSPS) is 11.1. The molecule has 5 nitrogen and oxygen atoms in total. The van der Waals surface area contributed by atoms with E-state index in [1.54, 1.807) is 13.8 Å². The molecular weight excluding hydrogens is 252 g/mol. The quantitative estimate of drug-likeness (QED) is 0.673. The Labute approximate surface area is 108 Å². The SMILES string of the molecule is Cc1nnc(-c2ccc3oc(C)nc3c2)c(Cl)n1. The number of aryl methyl sites for hydroxylation is 2. The molecule has 0 N–H and O–H groups in total. The maximum absolute atomic E-state index is 6.06. The van der Waals surface area contributed by atoms with Crippen LogP contribution in [0.5, 0.6) is 0 Å². The van der Waals surface area contributed by atoms with E-state index in [0.717, 1.165) is 16.7 Å². The Kier molecular flexibility index (Phi) is 2.48. The summed E-state index contributed by atoms with van der Waals surface area (Å²) in [6.07, 6.45) is 0. The summed E-state index contributed by atoms with van der Waals surface area (Å²) in [6.45, 7) is 3.55. The predicted molar refractivity (Wildman–Crippen MR) is 67.3 cm³/mol. The number of fused-ring (bicyclic) bond motifs is 1. The van der Waals surface area contributed by atoms with Gasteiger partial charge < -0.3 is 4.42 Å². The van der Waals surface area contributed by atoms with E-state index < -0.39 is 0 Å². The first kappa shape index (κ1) is 11.1. The Balaban J connectivity index is 2.18. The van der Waals surface area contributed by atoms with Gasteiger partial charge >= 0.3 is 0 Å². The van der Waals surface area contributed by atoms with Crippen molar-refractivity contribution in [3.63, 3.8) is 0 Å². The van der Waals surface area contributed by atoms with Crippen molar-refractivity contribution < 1.29 is 4.42 Å². The van der Waals surface area contributed by atoms with Crippen molar-refractivity contribution in [2.24, 2.45) is 0 Å². The summed E-state index contributed by atoms with van der Waals surface area (Å²) in [7, 11) is 0. The zero-order valence-electron chi connectivity index (χ0n) is 9.81. The van der Waals surface area contributed by atoms with Gasteiger partial charge in [-0.15, -0.1) is 10.2 Å². The van der Waals surface area contributed by atoms with Gasteiger partial charge in [-0.3, -0.25) is 0 Å². The lowest BCUT2D eigenvalue weighted by molar-refractivity contribution is 0.561. The van der Waals surface area contributed by atoms with Gasteiger partial charge in [0.1, 0.15) is 17.0 Å². The topological polar surface area (TPSA) is 64.7 Å². The van der Waals surface area contributed by atoms with Crippen LogP contribution < -0.4 is 0 Å². The molecule has 18 heavy (non-hydrogen) atoms. The van der Waals surface area contributed by atoms with Crippen molar-refractivity contribution in [2.45, 2.75) is 13.8 Å². The molecular formula is C12H9ClN4O. The van der Waals surface area contributed by atoms with Crippen LogP contribution in [0.1, 0.15) is 11.7 Å². The van der Waals surface area contributed by atoms with E-state index in [9.17, 15) is 0 Å². The number of hydrogen-bond donors (Lipinski definition) is 0. The van der Waals surface area contributed by atoms with Crippen LogP contribution in [0.4, 0.5) is 0 Å². The summed E-state index contributed by atoms with van der Waals surface area (Å²) < 4.78 is 5.41. The van der Waals surface area contributed by atoms with Crippen molar-refractivity contribution >= 4 is 22.7 Å². The third kappa shape index (κ3) is 1.82. The molecule has 3 aromatic rings. The summed E-state index contributed by atoms with van der Waals surface area (Å²) in [5.74, 6) is 1.17. The average molecular weight is 261 g/mol. The Morgan fingerprint density at radius 1 is 1.11 bits per heavy atom. The number of aromatic nitrogens is 4. The highest BCUT2D eigenvalue weighted by Gasteiger charge is 2.10. The number of oxazole rings is 1. The van der Waals surface area contributed by atoms with Gasteiger partial charge in [0, 0.05) is 12.5 Å². The molecule has 2 heterocycles. The van der Waals surface area contributed by atoms with Crippen LogP contribution in [0.3, 0.4) is 0 Å². The molecule has 1 aromatic carbocycles. The lowest BCUT2D eigenvalue weighted by Gasteiger charge is -2.01. The van der Waals surface area contributed by atoms with Crippen LogP contribution in [-0.2, 0) is 0 Å². The van der Waals surface area contributed by atoms with Gasteiger partial charge in [-0.25, -0.2) is 9.97 Å². The molecule has 0 radical (unpaired) electrons. The minimum atomic E-state index is 0.335. The van der Waals surface area contributed by atoms with Crippen LogP contribution in [0.25, 0.3) is 22.4 Å². The van der Waals surface area contributed by atoms with Crippen LogP contribution >= 0.6 is 11.6 Å². The standard InChI is InChI=1S/C12H9ClN4O/c1-6-14-12(13)11(17-16-6)8-3-4-10-9(5-8)15-7(2)18-10/h3-5H,1-2H3. The molecule has 0 atom stereocenters. The molecule has 2 aromatic heterocycles. The lowest BCUT2D eigenvalue weighted by atomic mass is 10.1. The lowest BCUT2D eigenvalue weighted by Crippen LogP contribution is -1.95. The first-order valence-corrected chi connectivity index (χ1v) is 5.75. The van der Waals surface area contributed by atoms with Gasteiger partial charge in [0.15, 0.2) is 16.6 Å². The molecule has 0 aliphatic heterocycles. The Morgan fingerprint density at radius 3 is 2.72 bits per heavy atom. The van der Waals surface area contributed by atoms with Gasteiger partial charge in [-0.2, -0.15) is 0 Å². The molecule has 0 fully saturated rings. The van der Waals surface area contributed by atoms with Crippen molar-refractivity contribution in [1.82, 2.24) is 20.2 Å². The molecule has 0 amide bonds. The summed E-state index contributed by atoms with van der Waals surface area (Å²) in [5.41, 5.74) is 2.87. The van der Waals surface area contributed by atoms with Gasteiger partial charge in [-0.1, -0.05) is 11.6 Å². The largest absolute Gasteiger partial charge is 0.441 e. The molecule has 90 valence electrons. The zero-order valence-corrected chi connectivity index (χ0v) is 10.6. The van der Waals surface area contributed by atoms with Crippen LogP contribution in [-0.4, -0.2) is 20.2 Å². The zero-order chi connectivity index (χ0) is 12.7. The molecule has 0 aliphatic rings. The third-order valence-corrected chi connectivity index (χ3v) is 2.78. The van der Waals surface area contributed by atoms with Crippen molar-refractivity contribution in [3.8, 4) is 11.3 Å². The number of halogens is 1. The van der Waals surface area contributed by atoms with E-state index in [1.807, 2.05) is 18.2 Å². The fourth-order valence-corrected chi connectivity index (χ4v) is 2.02. The summed E-state index contributed by atoms with van der Waals surface area (Å²) in [5, 5.41) is 8.31.